The number of aliphatic hydroxyl groups excluding tert-OH is 1. The summed E-state index contributed by atoms with van der Waals surface area (Å²) in [4.78, 5) is 4.31. The van der Waals surface area contributed by atoms with Gasteiger partial charge in [-0.2, -0.15) is 0 Å². The molecule has 0 aromatic carbocycles. The van der Waals surface area contributed by atoms with Crippen LogP contribution in [0.5, 0.6) is 0 Å². The molecule has 1 aliphatic rings. The molecule has 3 atom stereocenters. The van der Waals surface area contributed by atoms with E-state index >= 15 is 0 Å². The van der Waals surface area contributed by atoms with Crippen LogP contribution in [0.4, 0.5) is 0 Å². The van der Waals surface area contributed by atoms with Gasteiger partial charge in [0, 0.05) is 24.7 Å². The van der Waals surface area contributed by atoms with Crippen LogP contribution >= 0.6 is 11.3 Å². The number of aliphatic hydroxyl groups is 1. The highest BCUT2D eigenvalue weighted by Crippen LogP contribution is 2.18. The summed E-state index contributed by atoms with van der Waals surface area (Å²) in [7, 11) is 0. The number of aromatic nitrogens is 1. The van der Waals surface area contributed by atoms with Crippen molar-refractivity contribution < 1.29 is 14.6 Å². The Morgan fingerprint density at radius 2 is 2.55 bits per heavy atom. The second-order valence-corrected chi connectivity index (χ2v) is 5.99. The minimum absolute atomic E-state index is 0.211. The maximum atomic E-state index is 9.92. The summed E-state index contributed by atoms with van der Waals surface area (Å²) in [5.74, 6) is 0. The molecule has 0 bridgehead atoms. The summed E-state index contributed by atoms with van der Waals surface area (Å²) in [6.07, 6.45) is 4.67. The average Bonchev–Trinajstić information content (AvgIpc) is 3.12. The van der Waals surface area contributed by atoms with Gasteiger partial charge in [-0.3, -0.25) is 0 Å². The van der Waals surface area contributed by atoms with Gasteiger partial charge in [-0.05, 0) is 19.3 Å². The monoisotopic (exact) mass is 300 g/mol. The lowest BCUT2D eigenvalue weighted by atomic mass is 10.2. The summed E-state index contributed by atoms with van der Waals surface area (Å²) in [5, 5.41) is 16.3. The molecule has 1 fully saturated rings. The van der Waals surface area contributed by atoms with Crippen LogP contribution in [0.25, 0.3) is 0 Å². The molecule has 6 heteroatoms. The van der Waals surface area contributed by atoms with Crippen molar-refractivity contribution in [3.05, 3.63) is 16.6 Å². The van der Waals surface area contributed by atoms with Crippen LogP contribution in [-0.4, -0.2) is 48.7 Å². The van der Waals surface area contributed by atoms with Gasteiger partial charge in [0.25, 0.3) is 0 Å². The van der Waals surface area contributed by atoms with Crippen LogP contribution in [0.2, 0.25) is 0 Å². The van der Waals surface area contributed by atoms with Crippen molar-refractivity contribution in [2.45, 2.75) is 44.4 Å². The number of ether oxygens (including phenoxy) is 2. The smallest absolute Gasteiger partial charge is 0.109 e. The van der Waals surface area contributed by atoms with E-state index in [0.717, 1.165) is 30.9 Å². The second-order valence-electron chi connectivity index (χ2n) is 5.07. The first kappa shape index (κ1) is 15.9. The fraction of sp³-hybridized carbons (Fsp3) is 0.786. The Morgan fingerprint density at radius 3 is 3.20 bits per heavy atom. The molecule has 0 radical (unpaired) electrons. The molecule has 114 valence electrons. The molecule has 2 rings (SSSR count). The summed E-state index contributed by atoms with van der Waals surface area (Å²) in [5.41, 5.74) is 0. The summed E-state index contributed by atoms with van der Waals surface area (Å²) in [6, 6.07) is 0.211. The molecule has 1 saturated heterocycles. The van der Waals surface area contributed by atoms with E-state index in [-0.39, 0.29) is 12.1 Å². The average molecular weight is 300 g/mol. The molecule has 5 nitrogen and oxygen atoms in total. The standard InChI is InChI=1S/C14H24N2O3S/c1-2-13(14-15-5-7-20-14)16-8-11(17)9-18-10-12-4-3-6-19-12/h5,7,11-13,16-17H,2-4,6,8-10H2,1H3. The minimum Gasteiger partial charge on any atom is -0.389 e. The zero-order valence-electron chi connectivity index (χ0n) is 12.0. The predicted molar refractivity (Wildman–Crippen MR) is 78.9 cm³/mol. The van der Waals surface area contributed by atoms with Gasteiger partial charge in [-0.25, -0.2) is 4.98 Å². The van der Waals surface area contributed by atoms with E-state index in [4.69, 9.17) is 9.47 Å². The maximum absolute atomic E-state index is 9.92. The van der Waals surface area contributed by atoms with Gasteiger partial charge in [0.1, 0.15) is 5.01 Å². The van der Waals surface area contributed by atoms with E-state index in [1.807, 2.05) is 11.6 Å². The second kappa shape index (κ2) is 8.69. The van der Waals surface area contributed by atoms with Crippen molar-refractivity contribution in [3.8, 4) is 0 Å². The van der Waals surface area contributed by atoms with E-state index in [2.05, 4.69) is 17.2 Å². The zero-order valence-corrected chi connectivity index (χ0v) is 12.8. The van der Waals surface area contributed by atoms with Gasteiger partial charge in [-0.1, -0.05) is 6.92 Å². The number of nitrogens with zero attached hydrogens (tertiary/aromatic N) is 1. The van der Waals surface area contributed by atoms with Gasteiger partial charge in [0.05, 0.1) is 31.5 Å². The maximum Gasteiger partial charge on any atom is 0.109 e. The van der Waals surface area contributed by atoms with Crippen molar-refractivity contribution >= 4 is 11.3 Å². The van der Waals surface area contributed by atoms with Gasteiger partial charge in [-0.15, -0.1) is 11.3 Å². The Kier molecular flexibility index (Phi) is 6.89. The molecule has 0 spiro atoms. The molecule has 0 aliphatic carbocycles. The third-order valence-corrected chi connectivity index (χ3v) is 4.28. The molecule has 2 N–H and O–H groups in total. The fourth-order valence-electron chi connectivity index (χ4n) is 2.26. The number of hydrogen-bond donors (Lipinski definition) is 2. The largest absolute Gasteiger partial charge is 0.389 e. The van der Waals surface area contributed by atoms with Crippen molar-refractivity contribution in [2.24, 2.45) is 0 Å². The van der Waals surface area contributed by atoms with Gasteiger partial charge in [0.2, 0.25) is 0 Å². The van der Waals surface area contributed by atoms with E-state index < -0.39 is 6.10 Å². The molecule has 1 aromatic heterocycles. The van der Waals surface area contributed by atoms with Crippen LogP contribution in [-0.2, 0) is 9.47 Å². The lowest BCUT2D eigenvalue weighted by Gasteiger charge is -2.18. The Balaban J connectivity index is 1.60. The third kappa shape index (κ3) is 5.10. The highest BCUT2D eigenvalue weighted by molar-refractivity contribution is 7.09. The van der Waals surface area contributed by atoms with E-state index in [0.29, 0.717) is 19.8 Å². The molecule has 1 aliphatic heterocycles. The van der Waals surface area contributed by atoms with Gasteiger partial charge < -0.3 is 19.9 Å². The number of nitrogens with one attached hydrogen (secondary N) is 1. The van der Waals surface area contributed by atoms with Gasteiger partial charge in [0.15, 0.2) is 0 Å². The van der Waals surface area contributed by atoms with Crippen molar-refractivity contribution in [1.82, 2.24) is 10.3 Å². The minimum atomic E-state index is -0.495. The molecule has 0 saturated carbocycles. The van der Waals surface area contributed by atoms with Crippen molar-refractivity contribution in [3.63, 3.8) is 0 Å². The van der Waals surface area contributed by atoms with Crippen molar-refractivity contribution in [2.75, 3.05) is 26.4 Å². The lowest BCUT2D eigenvalue weighted by molar-refractivity contribution is -0.0169. The van der Waals surface area contributed by atoms with Gasteiger partial charge >= 0.3 is 0 Å². The quantitative estimate of drug-likeness (QED) is 0.727. The summed E-state index contributed by atoms with van der Waals surface area (Å²) >= 11 is 1.64. The molecular weight excluding hydrogens is 276 g/mol. The van der Waals surface area contributed by atoms with E-state index in [9.17, 15) is 5.11 Å². The highest BCUT2D eigenvalue weighted by Gasteiger charge is 2.17. The van der Waals surface area contributed by atoms with Crippen LogP contribution in [0, 0.1) is 0 Å². The number of rotatable bonds is 9. The Morgan fingerprint density at radius 1 is 1.65 bits per heavy atom. The zero-order chi connectivity index (χ0) is 14.2. The topological polar surface area (TPSA) is 63.6 Å². The van der Waals surface area contributed by atoms with Crippen LogP contribution < -0.4 is 5.32 Å². The van der Waals surface area contributed by atoms with Crippen molar-refractivity contribution in [1.29, 1.82) is 0 Å². The molecule has 1 aromatic rings. The van der Waals surface area contributed by atoms with Crippen LogP contribution in [0.15, 0.2) is 11.6 Å². The van der Waals surface area contributed by atoms with Crippen LogP contribution in [0.1, 0.15) is 37.2 Å². The van der Waals surface area contributed by atoms with E-state index in [1.54, 1.807) is 11.3 Å². The SMILES string of the molecule is CCC(NCC(O)COCC1CCCO1)c1nccs1. The fourth-order valence-corrected chi connectivity index (χ4v) is 3.06. The first-order chi connectivity index (χ1) is 9.79. The number of thiazole rings is 1. The molecular formula is C14H24N2O3S. The normalized spacial score (nSPS) is 22.0. The number of hydrogen-bond acceptors (Lipinski definition) is 6. The lowest BCUT2D eigenvalue weighted by Crippen LogP contribution is -2.33. The summed E-state index contributed by atoms with van der Waals surface area (Å²) < 4.78 is 11.0. The summed E-state index contributed by atoms with van der Waals surface area (Å²) in [6.45, 7) is 4.40. The highest BCUT2D eigenvalue weighted by atomic mass is 32.1. The predicted octanol–water partition coefficient (Wildman–Crippen LogP) is 1.74. The van der Waals surface area contributed by atoms with Crippen LogP contribution in [0.3, 0.4) is 0 Å². The first-order valence-corrected chi connectivity index (χ1v) is 8.17. The van der Waals surface area contributed by atoms with E-state index in [1.165, 1.54) is 0 Å². The first-order valence-electron chi connectivity index (χ1n) is 7.29. The Hall–Kier alpha value is -0.530. The third-order valence-electron chi connectivity index (χ3n) is 3.40. The molecule has 20 heavy (non-hydrogen) atoms. The Bertz CT molecular complexity index is 355. The molecule has 3 unspecified atom stereocenters. The molecule has 0 amide bonds. The molecule has 2 heterocycles. The Labute approximate surface area is 124 Å².